The van der Waals surface area contributed by atoms with Crippen molar-refractivity contribution < 1.29 is 15.0 Å². The van der Waals surface area contributed by atoms with Crippen LogP contribution in [0.1, 0.15) is 62.6 Å². The Hall–Kier alpha value is -2.91. The van der Waals surface area contributed by atoms with E-state index >= 15 is 0 Å². The zero-order valence-electron chi connectivity index (χ0n) is 18.1. The monoisotopic (exact) mass is 446 g/mol. The molecule has 1 aromatic carbocycles. The van der Waals surface area contributed by atoms with Crippen molar-refractivity contribution in [3.8, 4) is 0 Å². The molecule has 2 heterocycles. The lowest BCUT2D eigenvalue weighted by Gasteiger charge is -2.14. The summed E-state index contributed by atoms with van der Waals surface area (Å²) in [4.78, 5) is 20.5. The highest BCUT2D eigenvalue weighted by atomic mass is 35.5. The molecule has 2 aromatic heterocycles. The maximum atomic E-state index is 11.3. The Morgan fingerprint density at radius 1 is 1.19 bits per heavy atom. The van der Waals surface area contributed by atoms with Crippen LogP contribution in [0.4, 0.5) is 17.5 Å². The van der Waals surface area contributed by atoms with Crippen LogP contribution in [0.25, 0.3) is 11.0 Å². The van der Waals surface area contributed by atoms with Crippen molar-refractivity contribution in [1.29, 1.82) is 0 Å². The van der Waals surface area contributed by atoms with Crippen LogP contribution in [0.5, 0.6) is 0 Å². The second kappa shape index (κ2) is 9.07. The summed E-state index contributed by atoms with van der Waals surface area (Å²) in [7, 11) is 0. The third-order valence-corrected chi connectivity index (χ3v) is 4.94. The number of hydrogen-bond acceptors (Lipinski definition) is 7. The van der Waals surface area contributed by atoms with Gasteiger partial charge in [-0.15, -0.1) is 0 Å². The van der Waals surface area contributed by atoms with Crippen LogP contribution in [-0.2, 0) is 0 Å². The summed E-state index contributed by atoms with van der Waals surface area (Å²) in [6.07, 6.45) is -0.568. The Balaban J connectivity index is 2.17. The molecule has 0 aliphatic carbocycles. The number of aliphatic hydroxyl groups is 1. The molecule has 31 heavy (non-hydrogen) atoms. The maximum Gasteiger partial charge on any atom is 0.337 e. The van der Waals surface area contributed by atoms with Gasteiger partial charge in [0.2, 0.25) is 5.95 Å². The van der Waals surface area contributed by atoms with E-state index in [9.17, 15) is 15.0 Å². The number of nitrogens with zero attached hydrogens (tertiary/aromatic N) is 4. The van der Waals surface area contributed by atoms with Crippen molar-refractivity contribution in [2.45, 2.75) is 52.7 Å². The van der Waals surface area contributed by atoms with Crippen LogP contribution < -0.4 is 10.6 Å². The van der Waals surface area contributed by atoms with Crippen LogP contribution in [0.3, 0.4) is 0 Å². The lowest BCUT2D eigenvalue weighted by Crippen LogP contribution is -2.17. The van der Waals surface area contributed by atoms with E-state index in [2.05, 4.69) is 34.4 Å². The van der Waals surface area contributed by atoms with E-state index in [1.165, 1.54) is 6.07 Å². The molecule has 1 atom stereocenters. The third-order valence-electron chi connectivity index (χ3n) is 4.63. The van der Waals surface area contributed by atoms with E-state index in [-0.39, 0.29) is 22.5 Å². The number of carbonyl (C=O) groups is 1. The summed E-state index contributed by atoms with van der Waals surface area (Å²) in [5, 5.41) is 30.0. The third kappa shape index (κ3) is 4.88. The molecular formula is C21H27ClN6O3. The molecule has 3 aromatic rings. The molecule has 0 aliphatic heterocycles. The van der Waals surface area contributed by atoms with Crippen LogP contribution in [0.15, 0.2) is 18.2 Å². The number of anilines is 3. The average molecular weight is 447 g/mol. The molecule has 1 unspecified atom stereocenters. The SMILES string of the molecule is CC(O)CNc1nc(Nc2ccc(C(=O)O)c(Cl)c2)c2c(n1)c(C(C)C)nn2C(C)C. The fraction of sp³-hybridized carbons (Fsp3) is 0.429. The van der Waals surface area contributed by atoms with Gasteiger partial charge in [-0.2, -0.15) is 10.1 Å². The van der Waals surface area contributed by atoms with Gasteiger partial charge >= 0.3 is 5.97 Å². The molecule has 9 nitrogen and oxygen atoms in total. The average Bonchev–Trinajstić information content (AvgIpc) is 3.06. The van der Waals surface area contributed by atoms with Gasteiger partial charge in [0.15, 0.2) is 5.82 Å². The van der Waals surface area contributed by atoms with Crippen molar-refractivity contribution >= 4 is 46.1 Å². The van der Waals surface area contributed by atoms with Crippen molar-refractivity contribution in [2.75, 3.05) is 17.2 Å². The molecule has 0 amide bonds. The first-order valence-electron chi connectivity index (χ1n) is 10.1. The Bertz CT molecular complexity index is 1110. The zero-order valence-corrected chi connectivity index (χ0v) is 18.9. The minimum atomic E-state index is -1.09. The molecule has 4 N–H and O–H groups in total. The Morgan fingerprint density at radius 2 is 1.90 bits per heavy atom. The second-order valence-electron chi connectivity index (χ2n) is 8.03. The first-order valence-corrected chi connectivity index (χ1v) is 10.5. The lowest BCUT2D eigenvalue weighted by molar-refractivity contribution is 0.0697. The van der Waals surface area contributed by atoms with Gasteiger partial charge in [-0.05, 0) is 44.9 Å². The largest absolute Gasteiger partial charge is 0.478 e. The molecule has 0 radical (unpaired) electrons. The Kier molecular flexibility index (Phi) is 6.66. The van der Waals surface area contributed by atoms with Crippen molar-refractivity contribution in [2.24, 2.45) is 0 Å². The standard InChI is InChI=1S/C21H27ClN6O3/c1-10(2)16-17-18(28(27-16)11(3)4)19(26-21(25-17)23-9-12(5)29)24-13-6-7-14(20(30)31)15(22)8-13/h6-8,10-12,29H,9H2,1-5H3,(H,30,31)(H2,23,24,25,26). The van der Waals surface area contributed by atoms with E-state index in [1.807, 2.05) is 18.5 Å². The summed E-state index contributed by atoms with van der Waals surface area (Å²) < 4.78 is 1.87. The van der Waals surface area contributed by atoms with Gasteiger partial charge in [-0.3, -0.25) is 4.68 Å². The van der Waals surface area contributed by atoms with Crippen LogP contribution >= 0.6 is 11.6 Å². The number of benzene rings is 1. The Morgan fingerprint density at radius 3 is 2.45 bits per heavy atom. The summed E-state index contributed by atoms with van der Waals surface area (Å²) in [5.74, 6) is -0.0936. The van der Waals surface area contributed by atoms with Gasteiger partial charge in [-0.1, -0.05) is 25.4 Å². The molecule has 0 aliphatic rings. The van der Waals surface area contributed by atoms with E-state index in [0.717, 1.165) is 11.2 Å². The number of carboxylic acid groups (broad SMARTS) is 1. The first-order chi connectivity index (χ1) is 14.6. The normalized spacial score (nSPS) is 12.5. The van der Waals surface area contributed by atoms with Gasteiger partial charge < -0.3 is 20.8 Å². The Labute approximate surface area is 185 Å². The van der Waals surface area contributed by atoms with E-state index in [1.54, 1.807) is 19.1 Å². The highest BCUT2D eigenvalue weighted by molar-refractivity contribution is 6.33. The van der Waals surface area contributed by atoms with Gasteiger partial charge in [0, 0.05) is 18.3 Å². The lowest BCUT2D eigenvalue weighted by atomic mass is 10.1. The minimum Gasteiger partial charge on any atom is -0.478 e. The highest BCUT2D eigenvalue weighted by Gasteiger charge is 2.22. The molecule has 166 valence electrons. The summed E-state index contributed by atoms with van der Waals surface area (Å²) in [6, 6.07) is 4.68. The molecular weight excluding hydrogens is 420 g/mol. The number of halogens is 1. The molecule has 0 saturated heterocycles. The number of nitrogens with one attached hydrogen (secondary N) is 2. The number of rotatable bonds is 8. The van der Waals surface area contributed by atoms with Gasteiger partial charge in [0.25, 0.3) is 0 Å². The number of carboxylic acids is 1. The molecule has 3 rings (SSSR count). The van der Waals surface area contributed by atoms with Gasteiger partial charge in [0.1, 0.15) is 11.0 Å². The predicted molar refractivity (Wildman–Crippen MR) is 122 cm³/mol. The van der Waals surface area contributed by atoms with E-state index in [4.69, 9.17) is 16.7 Å². The molecule has 10 heteroatoms. The topological polar surface area (TPSA) is 125 Å². The smallest absolute Gasteiger partial charge is 0.337 e. The first kappa shape index (κ1) is 22.8. The number of hydrogen-bond donors (Lipinski definition) is 4. The van der Waals surface area contributed by atoms with Crippen molar-refractivity contribution in [1.82, 2.24) is 19.7 Å². The predicted octanol–water partition coefficient (Wildman–Crippen LogP) is 4.42. The van der Waals surface area contributed by atoms with Crippen molar-refractivity contribution in [3.63, 3.8) is 0 Å². The van der Waals surface area contributed by atoms with Crippen LogP contribution in [-0.4, -0.2) is 48.6 Å². The summed E-state index contributed by atoms with van der Waals surface area (Å²) in [6.45, 7) is 10.1. The number of aliphatic hydroxyl groups excluding tert-OH is 1. The minimum absolute atomic E-state index is 0.0219. The molecule has 0 saturated carbocycles. The highest BCUT2D eigenvalue weighted by Crippen LogP contribution is 2.33. The molecule has 0 bridgehead atoms. The summed E-state index contributed by atoms with van der Waals surface area (Å²) >= 11 is 6.14. The van der Waals surface area contributed by atoms with E-state index in [0.29, 0.717) is 29.5 Å². The van der Waals surface area contributed by atoms with Crippen LogP contribution in [0.2, 0.25) is 5.02 Å². The fourth-order valence-corrected chi connectivity index (χ4v) is 3.40. The van der Waals surface area contributed by atoms with Gasteiger partial charge in [0.05, 0.1) is 22.4 Å². The van der Waals surface area contributed by atoms with E-state index < -0.39 is 12.1 Å². The summed E-state index contributed by atoms with van der Waals surface area (Å²) in [5.41, 5.74) is 2.89. The fourth-order valence-electron chi connectivity index (χ4n) is 3.13. The van der Waals surface area contributed by atoms with Crippen molar-refractivity contribution in [3.05, 3.63) is 34.5 Å². The van der Waals surface area contributed by atoms with Crippen LogP contribution in [0, 0.1) is 0 Å². The van der Waals surface area contributed by atoms with Gasteiger partial charge in [-0.25, -0.2) is 9.78 Å². The quantitative estimate of drug-likeness (QED) is 0.400. The number of fused-ring (bicyclic) bond motifs is 1. The molecule has 0 fully saturated rings. The maximum absolute atomic E-state index is 11.3. The number of aromatic carboxylic acids is 1. The zero-order chi connectivity index (χ0) is 22.9. The number of aromatic nitrogens is 4. The second-order valence-corrected chi connectivity index (χ2v) is 8.43. The molecule has 0 spiro atoms.